The van der Waals surface area contributed by atoms with Crippen molar-refractivity contribution in [2.24, 2.45) is 0 Å². The topological polar surface area (TPSA) is 30.5 Å². The summed E-state index contributed by atoms with van der Waals surface area (Å²) in [6, 6.07) is 14.3. The molecule has 2 rings (SSSR count). The number of halogens is 1. The van der Waals surface area contributed by atoms with Crippen LogP contribution >= 0.6 is 15.9 Å². The highest BCUT2D eigenvalue weighted by Crippen LogP contribution is 2.34. The molecule has 27 heavy (non-hydrogen) atoms. The molecule has 0 spiro atoms. The van der Waals surface area contributed by atoms with E-state index in [0.717, 1.165) is 34.6 Å². The van der Waals surface area contributed by atoms with E-state index in [9.17, 15) is 0 Å². The first-order chi connectivity index (χ1) is 13.2. The Morgan fingerprint density at radius 1 is 0.889 bits per heavy atom. The van der Waals surface area contributed by atoms with Crippen molar-refractivity contribution in [2.75, 3.05) is 13.2 Å². The van der Waals surface area contributed by atoms with Gasteiger partial charge >= 0.3 is 0 Å². The quantitative estimate of drug-likeness (QED) is 0.366. The van der Waals surface area contributed by atoms with E-state index in [2.05, 4.69) is 46.4 Å². The number of benzene rings is 2. The first-order valence-corrected chi connectivity index (χ1v) is 10.9. The van der Waals surface area contributed by atoms with Crippen LogP contribution in [0.2, 0.25) is 0 Å². The van der Waals surface area contributed by atoms with E-state index >= 15 is 0 Å². The Balaban J connectivity index is 1.91. The molecule has 0 saturated heterocycles. The smallest absolute Gasteiger partial charge is 0.162 e. The number of ether oxygens (including phenoxy) is 2. The van der Waals surface area contributed by atoms with Crippen LogP contribution in [0.3, 0.4) is 0 Å². The van der Waals surface area contributed by atoms with Gasteiger partial charge in [-0.15, -0.1) is 0 Å². The van der Waals surface area contributed by atoms with Crippen LogP contribution in [-0.4, -0.2) is 13.2 Å². The van der Waals surface area contributed by atoms with Crippen LogP contribution in [0.4, 0.5) is 0 Å². The summed E-state index contributed by atoms with van der Waals surface area (Å²) in [7, 11) is 0. The third-order valence-electron chi connectivity index (χ3n) is 4.42. The van der Waals surface area contributed by atoms with Crippen molar-refractivity contribution in [3.05, 3.63) is 58.1 Å². The Bertz CT molecular complexity index is 661. The third-order valence-corrected chi connectivity index (χ3v) is 5.16. The normalized spacial score (nSPS) is 10.8. The molecule has 1 N–H and O–H groups in total. The van der Waals surface area contributed by atoms with Crippen molar-refractivity contribution < 1.29 is 9.47 Å². The Morgan fingerprint density at radius 2 is 1.63 bits per heavy atom. The van der Waals surface area contributed by atoms with Gasteiger partial charge in [0.15, 0.2) is 11.5 Å². The fourth-order valence-corrected chi connectivity index (χ4v) is 3.37. The average Bonchev–Trinajstić information content (AvgIpc) is 2.69. The van der Waals surface area contributed by atoms with Gasteiger partial charge in [-0.3, -0.25) is 0 Å². The van der Waals surface area contributed by atoms with E-state index in [1.807, 2.05) is 31.2 Å². The van der Waals surface area contributed by atoms with Crippen LogP contribution in [0.5, 0.6) is 11.5 Å². The zero-order chi connectivity index (χ0) is 19.3. The lowest BCUT2D eigenvalue weighted by Crippen LogP contribution is -2.15. The highest BCUT2D eigenvalue weighted by Gasteiger charge is 2.11. The zero-order valence-electron chi connectivity index (χ0n) is 16.6. The molecule has 0 aliphatic carbocycles. The maximum absolute atomic E-state index is 6.02. The molecule has 2 aromatic rings. The summed E-state index contributed by atoms with van der Waals surface area (Å²) in [4.78, 5) is 0. The lowest BCUT2D eigenvalue weighted by Gasteiger charge is -2.15. The van der Waals surface area contributed by atoms with Crippen LogP contribution in [0.15, 0.2) is 46.9 Å². The summed E-state index contributed by atoms with van der Waals surface area (Å²) in [5.41, 5.74) is 2.34. The lowest BCUT2D eigenvalue weighted by molar-refractivity contribution is 0.269. The molecule has 0 heterocycles. The molecule has 2 aromatic carbocycles. The number of unbranched alkanes of at least 4 members (excludes halogenated alkanes) is 4. The molecule has 0 aliphatic heterocycles. The largest absolute Gasteiger partial charge is 0.490 e. The van der Waals surface area contributed by atoms with Gasteiger partial charge in [-0.05, 0) is 43.1 Å². The molecule has 0 unspecified atom stereocenters. The monoisotopic (exact) mass is 433 g/mol. The second kappa shape index (κ2) is 12.8. The van der Waals surface area contributed by atoms with Gasteiger partial charge in [0, 0.05) is 11.0 Å². The fraction of sp³-hybridized carbons (Fsp3) is 0.478. The Labute approximate surface area is 172 Å². The van der Waals surface area contributed by atoms with E-state index in [1.54, 1.807) is 0 Å². The van der Waals surface area contributed by atoms with Gasteiger partial charge in [-0.1, -0.05) is 78.9 Å². The molecule has 3 nitrogen and oxygen atoms in total. The molecular formula is C23H32BrNO2. The predicted molar refractivity (Wildman–Crippen MR) is 117 cm³/mol. The summed E-state index contributed by atoms with van der Waals surface area (Å²) in [6.45, 7) is 7.27. The minimum atomic E-state index is 0.530. The molecule has 0 saturated carbocycles. The van der Waals surface area contributed by atoms with E-state index in [4.69, 9.17) is 9.47 Å². The lowest BCUT2D eigenvalue weighted by atomic mass is 10.1. The zero-order valence-corrected chi connectivity index (χ0v) is 18.2. The molecule has 148 valence electrons. The minimum absolute atomic E-state index is 0.530. The number of rotatable bonds is 13. The van der Waals surface area contributed by atoms with Crippen molar-refractivity contribution in [1.29, 1.82) is 0 Å². The van der Waals surface area contributed by atoms with Crippen LogP contribution < -0.4 is 14.8 Å². The van der Waals surface area contributed by atoms with Crippen LogP contribution in [-0.2, 0) is 13.2 Å². The van der Waals surface area contributed by atoms with E-state index in [0.29, 0.717) is 13.2 Å². The Hall–Kier alpha value is -1.52. The van der Waals surface area contributed by atoms with Gasteiger partial charge < -0.3 is 14.8 Å². The predicted octanol–water partition coefficient (Wildman–Crippen LogP) is 6.49. The second-order valence-corrected chi connectivity index (χ2v) is 7.54. The van der Waals surface area contributed by atoms with Crippen LogP contribution in [0, 0.1) is 0 Å². The van der Waals surface area contributed by atoms with Gasteiger partial charge in [0.2, 0.25) is 0 Å². The first-order valence-electron chi connectivity index (χ1n) is 10.1. The standard InChI is InChI=1S/C23H32BrNO2/c1-3-5-6-7-11-14-25-17-20-15-22(26-4-2)23(16-21(20)24)27-18-19-12-9-8-10-13-19/h8-10,12-13,15-16,25H,3-7,11,14,17-18H2,1-2H3. The molecule has 0 fully saturated rings. The fourth-order valence-electron chi connectivity index (χ4n) is 2.91. The molecule has 0 aliphatic rings. The molecule has 0 bridgehead atoms. The number of hydrogen-bond donors (Lipinski definition) is 1. The maximum Gasteiger partial charge on any atom is 0.162 e. The van der Waals surface area contributed by atoms with E-state index in [1.165, 1.54) is 37.7 Å². The van der Waals surface area contributed by atoms with E-state index < -0.39 is 0 Å². The van der Waals surface area contributed by atoms with Crippen molar-refractivity contribution in [2.45, 2.75) is 59.1 Å². The SMILES string of the molecule is CCCCCCCNCc1cc(OCC)c(OCc2ccccc2)cc1Br. The molecular weight excluding hydrogens is 402 g/mol. The minimum Gasteiger partial charge on any atom is -0.490 e. The summed E-state index contributed by atoms with van der Waals surface area (Å²) in [5, 5.41) is 3.54. The highest BCUT2D eigenvalue weighted by molar-refractivity contribution is 9.10. The number of hydrogen-bond acceptors (Lipinski definition) is 3. The molecule has 4 heteroatoms. The van der Waals surface area contributed by atoms with E-state index in [-0.39, 0.29) is 0 Å². The van der Waals surface area contributed by atoms with Gasteiger partial charge in [0.05, 0.1) is 6.61 Å². The molecule has 0 radical (unpaired) electrons. The highest BCUT2D eigenvalue weighted by atomic mass is 79.9. The molecule has 0 aromatic heterocycles. The van der Waals surface area contributed by atoms with Crippen molar-refractivity contribution in [3.63, 3.8) is 0 Å². The van der Waals surface area contributed by atoms with Crippen molar-refractivity contribution >= 4 is 15.9 Å². The molecule has 0 amide bonds. The van der Waals surface area contributed by atoms with Crippen molar-refractivity contribution in [3.8, 4) is 11.5 Å². The summed E-state index contributed by atoms with van der Waals surface area (Å²) < 4.78 is 12.9. The van der Waals surface area contributed by atoms with Crippen molar-refractivity contribution in [1.82, 2.24) is 5.32 Å². The average molecular weight is 434 g/mol. The summed E-state index contributed by atoms with van der Waals surface area (Å²) in [6.07, 6.45) is 6.50. The van der Waals surface area contributed by atoms with Gasteiger partial charge in [-0.2, -0.15) is 0 Å². The van der Waals surface area contributed by atoms with Crippen LogP contribution in [0.25, 0.3) is 0 Å². The summed E-state index contributed by atoms with van der Waals surface area (Å²) in [5.74, 6) is 1.58. The van der Waals surface area contributed by atoms with Gasteiger partial charge in [-0.25, -0.2) is 0 Å². The second-order valence-electron chi connectivity index (χ2n) is 6.69. The molecule has 0 atom stereocenters. The first kappa shape index (κ1) is 21.8. The Kier molecular flexibility index (Phi) is 10.3. The Morgan fingerprint density at radius 3 is 2.37 bits per heavy atom. The number of nitrogens with one attached hydrogen (secondary N) is 1. The van der Waals surface area contributed by atoms with Gasteiger partial charge in [0.1, 0.15) is 6.61 Å². The summed E-state index contributed by atoms with van der Waals surface area (Å²) >= 11 is 3.69. The van der Waals surface area contributed by atoms with Gasteiger partial charge in [0.25, 0.3) is 0 Å². The maximum atomic E-state index is 6.02. The third kappa shape index (κ3) is 7.94. The van der Waals surface area contributed by atoms with Crippen LogP contribution in [0.1, 0.15) is 57.1 Å².